The quantitative estimate of drug-likeness (QED) is 0.155. The number of fused-ring (bicyclic) bond motifs is 1. The van der Waals surface area contributed by atoms with Gasteiger partial charge in [0.25, 0.3) is 0 Å². The molecule has 5 rings (SSSR count). The van der Waals surface area contributed by atoms with Gasteiger partial charge in [-0.3, -0.25) is 5.84 Å². The summed E-state index contributed by atoms with van der Waals surface area (Å²) in [5.41, 5.74) is 8.75. The number of pyridine rings is 1. The second-order valence-corrected chi connectivity index (χ2v) is 14.0. The maximum Gasteiger partial charge on any atom is 0.237 e. The fourth-order valence-electron chi connectivity index (χ4n) is 5.56. The highest BCUT2D eigenvalue weighted by Crippen LogP contribution is 2.48. The Balaban J connectivity index is 1.54. The molecule has 1 saturated heterocycles. The largest absolute Gasteiger partial charge is 0.389 e. The van der Waals surface area contributed by atoms with Gasteiger partial charge in [0.15, 0.2) is 0 Å². The van der Waals surface area contributed by atoms with Crippen molar-refractivity contribution < 1.29 is 4.52 Å². The van der Waals surface area contributed by atoms with Gasteiger partial charge < -0.3 is 23.2 Å². The number of hydrogen-bond acceptors (Lipinski definition) is 12. The van der Waals surface area contributed by atoms with Crippen molar-refractivity contribution in [3.63, 3.8) is 0 Å². The van der Waals surface area contributed by atoms with Crippen LogP contribution in [0.1, 0.15) is 48.6 Å². The molecular formula is C25H32I2N10OS. The van der Waals surface area contributed by atoms with E-state index in [1.165, 1.54) is 11.3 Å². The molecule has 4 N–H and O–H groups in total. The molecule has 2 atom stereocenters. The van der Waals surface area contributed by atoms with Crippen LogP contribution in [0.5, 0.6) is 0 Å². The number of anilines is 3. The van der Waals surface area contributed by atoms with E-state index in [0.29, 0.717) is 40.6 Å². The Hall–Kier alpha value is -1.78. The number of nitriles is 1. The van der Waals surface area contributed by atoms with Gasteiger partial charge in [-0.25, -0.2) is 4.98 Å². The van der Waals surface area contributed by atoms with Crippen LogP contribution in [-0.2, 0) is 11.8 Å². The number of thiophene rings is 1. The van der Waals surface area contributed by atoms with Crippen molar-refractivity contribution in [3.8, 4) is 17.6 Å². The number of likely N-dealkylation sites (N-methyl/N-ethyl adjacent to an activating group) is 1. The molecule has 0 radical (unpaired) electrons. The smallest absolute Gasteiger partial charge is 0.237 e. The fraction of sp³-hybridized carbons (Fsp3) is 0.520. The fourth-order valence-corrected chi connectivity index (χ4v) is 7.46. The minimum Gasteiger partial charge on any atom is -0.389 e. The number of hydrogen-bond donors (Lipinski definition) is 2. The molecule has 3 aromatic heterocycles. The number of aromatic nitrogens is 3. The van der Waals surface area contributed by atoms with Crippen LogP contribution in [0.2, 0.25) is 0 Å². The summed E-state index contributed by atoms with van der Waals surface area (Å²) in [6, 6.07) is 6.74. The summed E-state index contributed by atoms with van der Waals surface area (Å²) in [5, 5.41) is 14.8. The maximum absolute atomic E-state index is 9.85. The van der Waals surface area contributed by atoms with Gasteiger partial charge >= 0.3 is 0 Å². The zero-order valence-electron chi connectivity index (χ0n) is 22.2. The average molecular weight is 774 g/mol. The highest BCUT2D eigenvalue weighted by atomic mass is 127. The third-order valence-electron chi connectivity index (χ3n) is 7.59. The predicted molar refractivity (Wildman–Crippen MR) is 171 cm³/mol. The molecule has 2 unspecified atom stereocenters. The first kappa shape index (κ1) is 28.7. The Morgan fingerprint density at radius 2 is 2.08 bits per heavy atom. The zero-order valence-corrected chi connectivity index (χ0v) is 27.3. The first-order valence-electron chi connectivity index (χ1n) is 12.9. The van der Waals surface area contributed by atoms with Gasteiger partial charge in [-0.05, 0) is 46.2 Å². The topological polar surface area (TPSA) is 141 Å². The second-order valence-electron chi connectivity index (χ2n) is 10.4. The number of nitrogens with two attached hydrogens (primary N) is 2. The molecule has 39 heavy (non-hydrogen) atoms. The molecular weight excluding hydrogens is 742 g/mol. The number of nitrogens with zero attached hydrogens (tertiary/aromatic N) is 8. The number of halogens is 2. The summed E-state index contributed by atoms with van der Waals surface area (Å²) in [7, 11) is 2.15. The molecule has 0 amide bonds. The van der Waals surface area contributed by atoms with Crippen LogP contribution >= 0.6 is 57.1 Å². The van der Waals surface area contributed by atoms with Crippen LogP contribution < -0.4 is 19.6 Å². The van der Waals surface area contributed by atoms with Gasteiger partial charge in [-0.15, -0.1) is 11.3 Å². The lowest BCUT2D eigenvalue weighted by molar-refractivity contribution is 0.274. The van der Waals surface area contributed by atoms with E-state index in [-0.39, 0.29) is 0 Å². The Morgan fingerprint density at radius 1 is 1.28 bits per heavy atom. The lowest BCUT2D eigenvalue weighted by Gasteiger charge is -2.39. The standard InChI is InChI=1S/C25H32I2N10OS/c1-15-14-34(3)7-8-35(15)20-12-16(36(26)9-10-37(27)30)11-18(31-20)23-32-24(38-33-23)25(2)6-4-5-19-21(25)17(13-28)22(29)39-19/h11-12,15H,4-10,14,29-30H2,1-3H3. The Bertz CT molecular complexity index is 1390. The molecule has 0 aromatic carbocycles. The van der Waals surface area contributed by atoms with Crippen LogP contribution in [0.15, 0.2) is 16.7 Å². The molecule has 1 aliphatic heterocycles. The van der Waals surface area contributed by atoms with Crippen molar-refractivity contribution in [2.24, 2.45) is 5.84 Å². The van der Waals surface area contributed by atoms with Crippen molar-refractivity contribution in [1.29, 1.82) is 5.26 Å². The third kappa shape index (κ3) is 5.71. The molecule has 14 heteroatoms. The molecule has 1 aliphatic carbocycles. The summed E-state index contributed by atoms with van der Waals surface area (Å²) >= 11 is 5.90. The van der Waals surface area contributed by atoms with E-state index in [1.54, 1.807) is 3.22 Å². The second kappa shape index (κ2) is 11.6. The number of aryl methyl sites for hydroxylation is 1. The highest BCUT2D eigenvalue weighted by molar-refractivity contribution is 14.1. The number of rotatable bonds is 7. The SMILES string of the molecule is CC1CN(C)CCN1c1cc(N(I)CCN(N)I)cc(-c2noc(C3(C)CCCc4sc(N)c(C#N)c43)n2)n1. The number of piperazine rings is 1. The van der Waals surface area contributed by atoms with E-state index in [1.807, 2.05) is 6.07 Å². The Labute approximate surface area is 260 Å². The summed E-state index contributed by atoms with van der Waals surface area (Å²) in [4.78, 5) is 15.7. The molecule has 0 bridgehead atoms. The van der Waals surface area contributed by atoms with E-state index >= 15 is 0 Å². The minimum absolute atomic E-state index is 0.310. The van der Waals surface area contributed by atoms with E-state index in [4.69, 9.17) is 26.1 Å². The average Bonchev–Trinajstić information content (AvgIpc) is 3.52. The van der Waals surface area contributed by atoms with Gasteiger partial charge in [0.2, 0.25) is 11.7 Å². The first-order chi connectivity index (χ1) is 18.6. The zero-order chi connectivity index (χ0) is 27.9. The summed E-state index contributed by atoms with van der Waals surface area (Å²) < 4.78 is 9.70. The maximum atomic E-state index is 9.85. The van der Waals surface area contributed by atoms with Crippen molar-refractivity contribution >= 4 is 73.6 Å². The van der Waals surface area contributed by atoms with Crippen LogP contribution in [0, 0.1) is 11.3 Å². The van der Waals surface area contributed by atoms with Crippen molar-refractivity contribution in [2.75, 3.05) is 53.5 Å². The summed E-state index contributed by atoms with van der Waals surface area (Å²) in [6.07, 6.45) is 2.67. The Morgan fingerprint density at radius 3 is 2.79 bits per heavy atom. The Kier molecular flexibility index (Phi) is 8.55. The number of nitrogen functional groups attached to an aromatic ring is 1. The molecule has 1 fully saturated rings. The normalized spacial score (nSPS) is 21.7. The van der Waals surface area contributed by atoms with Crippen LogP contribution in [-0.4, -0.2) is 69.1 Å². The molecule has 4 heterocycles. The number of hydrazine groups is 1. The molecule has 11 nitrogen and oxygen atoms in total. The first-order valence-corrected chi connectivity index (χ1v) is 15.6. The molecule has 208 valence electrons. The molecule has 2 aliphatic rings. The van der Waals surface area contributed by atoms with Crippen LogP contribution in [0.3, 0.4) is 0 Å². The predicted octanol–water partition coefficient (Wildman–Crippen LogP) is 4.11. The van der Waals surface area contributed by atoms with Crippen LogP contribution in [0.4, 0.5) is 16.5 Å². The van der Waals surface area contributed by atoms with Crippen molar-refractivity contribution in [1.82, 2.24) is 23.2 Å². The van der Waals surface area contributed by atoms with E-state index < -0.39 is 5.41 Å². The van der Waals surface area contributed by atoms with E-state index in [9.17, 15) is 5.26 Å². The van der Waals surface area contributed by atoms with Crippen LogP contribution in [0.25, 0.3) is 11.5 Å². The monoisotopic (exact) mass is 774 g/mol. The van der Waals surface area contributed by atoms with Gasteiger partial charge in [-0.1, -0.05) is 5.16 Å². The van der Waals surface area contributed by atoms with Crippen molar-refractivity contribution in [2.45, 2.75) is 44.6 Å². The van der Waals surface area contributed by atoms with Crippen molar-refractivity contribution in [3.05, 3.63) is 34.0 Å². The van der Waals surface area contributed by atoms with Gasteiger partial charge in [0.1, 0.15) is 22.6 Å². The lowest BCUT2D eigenvalue weighted by Crippen LogP contribution is -2.50. The molecule has 0 spiro atoms. The third-order valence-corrected chi connectivity index (χ3v) is 10.2. The lowest BCUT2D eigenvalue weighted by atomic mass is 9.72. The van der Waals surface area contributed by atoms with Gasteiger partial charge in [-0.2, -0.15) is 13.5 Å². The summed E-state index contributed by atoms with van der Waals surface area (Å²) in [6.45, 7) is 8.54. The summed E-state index contributed by atoms with van der Waals surface area (Å²) in [5.74, 6) is 7.68. The highest BCUT2D eigenvalue weighted by Gasteiger charge is 2.43. The minimum atomic E-state index is -0.579. The van der Waals surface area contributed by atoms with Gasteiger partial charge in [0, 0.05) is 78.1 Å². The van der Waals surface area contributed by atoms with E-state index in [2.05, 4.69) is 96.8 Å². The molecule has 0 saturated carbocycles. The molecule has 3 aromatic rings. The van der Waals surface area contributed by atoms with E-state index in [0.717, 1.165) is 67.4 Å². The van der Waals surface area contributed by atoms with Gasteiger partial charge in [0.05, 0.1) is 39.5 Å².